The topological polar surface area (TPSA) is 54.4 Å². The summed E-state index contributed by atoms with van der Waals surface area (Å²) in [6.07, 6.45) is 0.502. The average Bonchev–Trinajstić information content (AvgIpc) is 2.63. The zero-order valence-electron chi connectivity index (χ0n) is 9.34. The molecule has 3 nitrogen and oxygen atoms in total. The molecule has 0 aliphatic carbocycles. The number of hydrogen-bond acceptors (Lipinski definition) is 3. The van der Waals surface area contributed by atoms with E-state index in [2.05, 4.69) is 0 Å². The van der Waals surface area contributed by atoms with Gasteiger partial charge in [0.15, 0.2) is 9.84 Å². The first kappa shape index (κ1) is 12.5. The predicted octanol–water partition coefficient (Wildman–Crippen LogP) is 1.34. The minimum atomic E-state index is -3.00. The number of aliphatic hydroxyl groups is 1. The lowest BCUT2D eigenvalue weighted by atomic mass is 9.86. The summed E-state index contributed by atoms with van der Waals surface area (Å²) in [7, 11) is -3.00. The van der Waals surface area contributed by atoms with Crippen LogP contribution in [0.3, 0.4) is 0 Å². The fourth-order valence-corrected chi connectivity index (χ4v) is 4.30. The summed E-state index contributed by atoms with van der Waals surface area (Å²) >= 11 is 0. The van der Waals surface area contributed by atoms with Gasteiger partial charge in [0.2, 0.25) is 0 Å². The highest BCUT2D eigenvalue weighted by Crippen LogP contribution is 2.33. The second-order valence-electron chi connectivity index (χ2n) is 4.47. The Labute approximate surface area is 100 Å². The molecular formula is C12H15FO3S. The van der Waals surface area contributed by atoms with Crippen molar-refractivity contribution in [3.05, 3.63) is 35.6 Å². The van der Waals surface area contributed by atoms with Crippen LogP contribution in [0.2, 0.25) is 0 Å². The molecule has 1 saturated heterocycles. The van der Waals surface area contributed by atoms with Gasteiger partial charge in [0.25, 0.3) is 0 Å². The van der Waals surface area contributed by atoms with Crippen LogP contribution < -0.4 is 0 Å². The van der Waals surface area contributed by atoms with Gasteiger partial charge >= 0.3 is 0 Å². The van der Waals surface area contributed by atoms with Crippen molar-refractivity contribution in [2.75, 3.05) is 18.1 Å². The molecule has 0 spiro atoms. The van der Waals surface area contributed by atoms with Gasteiger partial charge < -0.3 is 5.11 Å². The first-order valence-corrected chi connectivity index (χ1v) is 7.41. The average molecular weight is 258 g/mol. The Bertz CT molecular complexity index is 498. The largest absolute Gasteiger partial charge is 0.396 e. The van der Waals surface area contributed by atoms with E-state index in [0.29, 0.717) is 12.0 Å². The van der Waals surface area contributed by atoms with Crippen molar-refractivity contribution in [3.63, 3.8) is 0 Å². The standard InChI is InChI=1S/C12H15FO3S/c13-12-4-2-1-3-10(12)11(7-14)9-5-6-17(15,16)8-9/h1-4,9,11,14H,5-8H2. The summed E-state index contributed by atoms with van der Waals surface area (Å²) in [5, 5.41) is 9.37. The minimum absolute atomic E-state index is 0.0482. The van der Waals surface area contributed by atoms with Crippen molar-refractivity contribution in [1.82, 2.24) is 0 Å². The fraction of sp³-hybridized carbons (Fsp3) is 0.500. The number of hydrogen-bond donors (Lipinski definition) is 1. The van der Waals surface area contributed by atoms with Crippen LogP contribution in [0.5, 0.6) is 0 Å². The molecule has 1 N–H and O–H groups in total. The van der Waals surface area contributed by atoms with E-state index >= 15 is 0 Å². The number of rotatable bonds is 3. The Morgan fingerprint density at radius 2 is 2.12 bits per heavy atom. The molecule has 2 unspecified atom stereocenters. The van der Waals surface area contributed by atoms with Crippen molar-refractivity contribution < 1.29 is 17.9 Å². The van der Waals surface area contributed by atoms with E-state index in [0.717, 1.165) is 0 Å². The molecule has 0 amide bonds. The molecule has 1 aromatic rings. The Kier molecular flexibility index (Phi) is 3.49. The van der Waals surface area contributed by atoms with Crippen LogP contribution in [0.4, 0.5) is 4.39 Å². The first-order valence-electron chi connectivity index (χ1n) is 5.59. The molecular weight excluding hydrogens is 243 g/mol. The Morgan fingerprint density at radius 3 is 2.65 bits per heavy atom. The van der Waals surface area contributed by atoms with Crippen LogP contribution >= 0.6 is 0 Å². The second kappa shape index (κ2) is 4.74. The maximum Gasteiger partial charge on any atom is 0.150 e. The molecule has 5 heteroatoms. The normalized spacial score (nSPS) is 24.7. The second-order valence-corrected chi connectivity index (χ2v) is 6.70. The lowest BCUT2D eigenvalue weighted by molar-refractivity contribution is 0.230. The van der Waals surface area contributed by atoms with Crippen LogP contribution in [0, 0.1) is 11.7 Å². The van der Waals surface area contributed by atoms with E-state index in [4.69, 9.17) is 0 Å². The highest BCUT2D eigenvalue weighted by atomic mass is 32.2. The van der Waals surface area contributed by atoms with E-state index < -0.39 is 15.8 Å². The summed E-state index contributed by atoms with van der Waals surface area (Å²) < 4.78 is 36.4. The third kappa shape index (κ3) is 2.66. The van der Waals surface area contributed by atoms with Gasteiger partial charge in [-0.1, -0.05) is 18.2 Å². The van der Waals surface area contributed by atoms with E-state index in [9.17, 15) is 17.9 Å². The fourth-order valence-electron chi connectivity index (χ4n) is 2.42. The van der Waals surface area contributed by atoms with Crippen LogP contribution in [0.25, 0.3) is 0 Å². The zero-order chi connectivity index (χ0) is 12.5. The maximum absolute atomic E-state index is 13.6. The quantitative estimate of drug-likeness (QED) is 0.890. The summed E-state index contributed by atoms with van der Waals surface area (Å²) in [4.78, 5) is 0. The summed E-state index contributed by atoms with van der Waals surface area (Å²) in [6.45, 7) is -0.221. The van der Waals surface area contributed by atoms with Gasteiger partial charge in [-0.15, -0.1) is 0 Å². The number of aliphatic hydroxyl groups excluding tert-OH is 1. The third-order valence-corrected chi connectivity index (χ3v) is 5.13. The molecule has 1 fully saturated rings. The van der Waals surface area contributed by atoms with Crippen molar-refractivity contribution in [3.8, 4) is 0 Å². The van der Waals surface area contributed by atoms with E-state index in [1.54, 1.807) is 18.2 Å². The SMILES string of the molecule is O=S1(=O)CCC(C(CO)c2ccccc2F)C1. The minimum Gasteiger partial charge on any atom is -0.396 e. The summed E-state index contributed by atoms with van der Waals surface area (Å²) in [6, 6.07) is 6.23. The van der Waals surface area contributed by atoms with Crippen molar-refractivity contribution in [2.24, 2.45) is 5.92 Å². The predicted molar refractivity (Wildman–Crippen MR) is 63.0 cm³/mol. The van der Waals surface area contributed by atoms with Crippen LogP contribution in [-0.2, 0) is 9.84 Å². The first-order chi connectivity index (χ1) is 8.03. The third-order valence-electron chi connectivity index (χ3n) is 3.34. The van der Waals surface area contributed by atoms with Gasteiger partial charge in [-0.2, -0.15) is 0 Å². The highest BCUT2D eigenvalue weighted by molar-refractivity contribution is 7.91. The Hall–Kier alpha value is -0.940. The molecule has 0 saturated carbocycles. The number of sulfone groups is 1. The Balaban J connectivity index is 2.26. The maximum atomic E-state index is 13.6. The molecule has 0 radical (unpaired) electrons. The monoisotopic (exact) mass is 258 g/mol. The van der Waals surface area contributed by atoms with Gasteiger partial charge in [0.05, 0.1) is 18.1 Å². The molecule has 2 rings (SSSR count). The van der Waals surface area contributed by atoms with Gasteiger partial charge in [0, 0.05) is 5.92 Å². The number of halogens is 1. The molecule has 1 aliphatic rings. The molecule has 1 aliphatic heterocycles. The van der Waals surface area contributed by atoms with Crippen molar-refractivity contribution in [2.45, 2.75) is 12.3 Å². The zero-order valence-corrected chi connectivity index (χ0v) is 10.2. The van der Waals surface area contributed by atoms with Crippen molar-refractivity contribution in [1.29, 1.82) is 0 Å². The van der Waals surface area contributed by atoms with Gasteiger partial charge in [-0.25, -0.2) is 12.8 Å². The summed E-state index contributed by atoms with van der Waals surface area (Å²) in [5.74, 6) is -0.791. The molecule has 0 aromatic heterocycles. The van der Waals surface area contributed by atoms with Crippen LogP contribution in [0.1, 0.15) is 17.9 Å². The van der Waals surface area contributed by atoms with Gasteiger partial charge in [-0.05, 0) is 24.0 Å². The molecule has 2 atom stereocenters. The number of benzene rings is 1. The van der Waals surface area contributed by atoms with E-state index in [1.807, 2.05) is 0 Å². The molecule has 1 heterocycles. The highest BCUT2D eigenvalue weighted by Gasteiger charge is 2.34. The van der Waals surface area contributed by atoms with Crippen LogP contribution in [-0.4, -0.2) is 31.6 Å². The van der Waals surface area contributed by atoms with Gasteiger partial charge in [-0.3, -0.25) is 0 Å². The summed E-state index contributed by atoms with van der Waals surface area (Å²) in [5.41, 5.74) is 0.414. The van der Waals surface area contributed by atoms with E-state index in [-0.39, 0.29) is 29.8 Å². The molecule has 0 bridgehead atoms. The lowest BCUT2D eigenvalue weighted by Gasteiger charge is -2.21. The lowest BCUT2D eigenvalue weighted by Crippen LogP contribution is -2.19. The van der Waals surface area contributed by atoms with Crippen LogP contribution in [0.15, 0.2) is 24.3 Å². The molecule has 1 aromatic carbocycles. The Morgan fingerprint density at radius 1 is 1.41 bits per heavy atom. The molecule has 17 heavy (non-hydrogen) atoms. The smallest absolute Gasteiger partial charge is 0.150 e. The van der Waals surface area contributed by atoms with Gasteiger partial charge in [0.1, 0.15) is 5.82 Å². The van der Waals surface area contributed by atoms with E-state index in [1.165, 1.54) is 6.07 Å². The van der Waals surface area contributed by atoms with Crippen molar-refractivity contribution >= 4 is 9.84 Å². The molecule has 94 valence electrons.